The van der Waals surface area contributed by atoms with Crippen LogP contribution in [0.1, 0.15) is 14.5 Å². The zero-order valence-electron chi connectivity index (χ0n) is 22.2. The van der Waals surface area contributed by atoms with Crippen molar-refractivity contribution in [3.8, 4) is 33.0 Å². The maximum absolute atomic E-state index is 13.5. The van der Waals surface area contributed by atoms with E-state index in [1.807, 2.05) is 45.9 Å². The van der Waals surface area contributed by atoms with Crippen LogP contribution in [0.4, 0.5) is 0 Å². The number of hydrogen-bond donors (Lipinski definition) is 1. The van der Waals surface area contributed by atoms with Gasteiger partial charge in [-0.05, 0) is 54.4 Å². The molecule has 2 aromatic carbocycles. The van der Waals surface area contributed by atoms with Crippen LogP contribution in [0.25, 0.3) is 54.1 Å². The van der Waals surface area contributed by atoms with Crippen LogP contribution in [0.15, 0.2) is 78.9 Å². The Morgan fingerprint density at radius 3 is 2.54 bits per heavy atom. The summed E-state index contributed by atoms with van der Waals surface area (Å²) in [4.78, 5) is 35.0. The third-order valence-electron chi connectivity index (χ3n) is 7.36. The summed E-state index contributed by atoms with van der Waals surface area (Å²) >= 11 is 4.74. The minimum atomic E-state index is -0.964. The second-order valence-electron chi connectivity index (χ2n) is 10.0. The fraction of sp³-hybridized carbons (Fsp3) is 0.156. The number of thiophene rings is 2. The predicted octanol–water partition coefficient (Wildman–Crippen LogP) is 7.85. The summed E-state index contributed by atoms with van der Waals surface area (Å²) in [5.41, 5.74) is 6.42. The zero-order chi connectivity index (χ0) is 28.1. The van der Waals surface area contributed by atoms with Crippen molar-refractivity contribution < 1.29 is 14.7 Å². The maximum Gasteiger partial charge on any atom is 0.345 e. The molecule has 7 rings (SSSR count). The Kier molecular flexibility index (Phi) is 6.65. The fourth-order valence-corrected chi connectivity index (χ4v) is 8.27. The Morgan fingerprint density at radius 1 is 0.951 bits per heavy atom. The lowest BCUT2D eigenvalue weighted by molar-refractivity contribution is -0.130. The van der Waals surface area contributed by atoms with Crippen molar-refractivity contribution in [2.75, 3.05) is 18.2 Å². The molecule has 1 fully saturated rings. The number of carbonyl (C=O) groups is 2. The van der Waals surface area contributed by atoms with E-state index in [9.17, 15) is 14.7 Å². The van der Waals surface area contributed by atoms with Crippen LogP contribution in [0.5, 0.6) is 0 Å². The molecule has 1 aliphatic heterocycles. The molecule has 9 heteroatoms. The van der Waals surface area contributed by atoms with Crippen molar-refractivity contribution in [2.24, 2.45) is 0 Å². The molecule has 0 spiro atoms. The van der Waals surface area contributed by atoms with E-state index in [2.05, 4.69) is 43.3 Å². The number of rotatable bonds is 6. The summed E-state index contributed by atoms with van der Waals surface area (Å²) < 4.78 is 2.89. The number of hydrogen-bond acceptors (Lipinski definition) is 6. The molecular formula is C32H25N3O3S3. The Morgan fingerprint density at radius 2 is 1.80 bits per heavy atom. The molecule has 1 saturated heterocycles. The molecule has 1 N–H and O–H groups in total. The van der Waals surface area contributed by atoms with Crippen LogP contribution in [-0.2, 0) is 11.3 Å². The normalized spacial score (nSPS) is 13.4. The summed E-state index contributed by atoms with van der Waals surface area (Å²) in [6, 6.07) is 26.3. The van der Waals surface area contributed by atoms with Gasteiger partial charge in [0.05, 0.1) is 37.9 Å². The molecular weight excluding hydrogens is 571 g/mol. The van der Waals surface area contributed by atoms with Crippen molar-refractivity contribution in [1.29, 1.82) is 0 Å². The van der Waals surface area contributed by atoms with E-state index < -0.39 is 5.97 Å². The van der Waals surface area contributed by atoms with Crippen LogP contribution in [0.2, 0.25) is 0 Å². The molecule has 0 radical (unpaired) electrons. The number of nitrogens with zero attached hydrogens (tertiary/aromatic N) is 3. The molecule has 0 unspecified atom stereocenters. The lowest BCUT2D eigenvalue weighted by Crippen LogP contribution is -2.31. The van der Waals surface area contributed by atoms with Gasteiger partial charge < -0.3 is 14.6 Å². The predicted molar refractivity (Wildman–Crippen MR) is 170 cm³/mol. The lowest BCUT2D eigenvalue weighted by Gasteiger charge is -2.18. The minimum Gasteiger partial charge on any atom is -0.477 e. The van der Waals surface area contributed by atoms with Crippen LogP contribution in [0, 0.1) is 6.92 Å². The van der Waals surface area contributed by atoms with Gasteiger partial charge in [-0.15, -0.1) is 34.4 Å². The molecule has 6 nitrogen and oxygen atoms in total. The summed E-state index contributed by atoms with van der Waals surface area (Å²) in [6.45, 7) is 2.97. The topological polar surface area (TPSA) is 75.4 Å². The molecule has 0 bridgehead atoms. The Bertz CT molecular complexity index is 1950. The lowest BCUT2D eigenvalue weighted by atomic mass is 10.00. The third-order valence-corrected chi connectivity index (χ3v) is 10.5. The Labute approximate surface area is 248 Å². The van der Waals surface area contributed by atoms with E-state index in [0.29, 0.717) is 5.88 Å². The first-order valence-corrected chi connectivity index (χ1v) is 16.0. The number of aromatic nitrogens is 2. The highest BCUT2D eigenvalue weighted by atomic mass is 32.2. The highest BCUT2D eigenvalue weighted by Gasteiger charge is 2.27. The van der Waals surface area contributed by atoms with E-state index in [-0.39, 0.29) is 17.3 Å². The first kappa shape index (κ1) is 26.0. The number of aromatic carboxylic acids is 1. The van der Waals surface area contributed by atoms with Gasteiger partial charge in [-0.2, -0.15) is 0 Å². The highest BCUT2D eigenvalue weighted by molar-refractivity contribution is 7.99. The van der Waals surface area contributed by atoms with Crippen molar-refractivity contribution in [3.05, 3.63) is 88.6 Å². The van der Waals surface area contributed by atoms with Gasteiger partial charge in [0.15, 0.2) is 0 Å². The van der Waals surface area contributed by atoms with Crippen LogP contribution in [-0.4, -0.2) is 49.6 Å². The van der Waals surface area contributed by atoms with Gasteiger partial charge in [-0.3, -0.25) is 4.79 Å². The van der Waals surface area contributed by atoms with Gasteiger partial charge in [0.25, 0.3) is 0 Å². The maximum atomic E-state index is 13.5. The average Bonchev–Trinajstić information content (AvgIpc) is 3.78. The van der Waals surface area contributed by atoms with Crippen molar-refractivity contribution in [3.63, 3.8) is 0 Å². The summed E-state index contributed by atoms with van der Waals surface area (Å²) in [5.74, 6) is 0.687. The van der Waals surface area contributed by atoms with E-state index in [0.717, 1.165) is 66.4 Å². The van der Waals surface area contributed by atoms with Gasteiger partial charge in [0, 0.05) is 28.1 Å². The number of thioether (sulfide) groups is 1. The molecule has 6 aromatic rings. The van der Waals surface area contributed by atoms with Gasteiger partial charge in [0.2, 0.25) is 5.91 Å². The Balaban J connectivity index is 1.43. The smallest absolute Gasteiger partial charge is 0.345 e. The molecule has 4 aromatic heterocycles. The fourth-order valence-electron chi connectivity index (χ4n) is 5.39. The number of aryl methyl sites for hydroxylation is 1. The largest absolute Gasteiger partial charge is 0.477 e. The summed E-state index contributed by atoms with van der Waals surface area (Å²) in [5, 5.41) is 10.8. The average molecular weight is 596 g/mol. The van der Waals surface area contributed by atoms with Crippen LogP contribution in [0.3, 0.4) is 0 Å². The molecule has 5 heterocycles. The number of benzene rings is 2. The van der Waals surface area contributed by atoms with Gasteiger partial charge in [-0.1, -0.05) is 42.5 Å². The number of carbonyl (C=O) groups excluding carboxylic acids is 1. The summed E-state index contributed by atoms with van der Waals surface area (Å²) in [7, 11) is 0. The van der Waals surface area contributed by atoms with E-state index in [4.69, 9.17) is 4.98 Å². The van der Waals surface area contributed by atoms with Crippen LogP contribution >= 0.6 is 34.4 Å². The molecule has 1 aliphatic rings. The quantitative estimate of drug-likeness (QED) is 0.212. The van der Waals surface area contributed by atoms with E-state index in [1.54, 1.807) is 29.2 Å². The van der Waals surface area contributed by atoms with Gasteiger partial charge in [-0.25, -0.2) is 9.78 Å². The molecule has 41 heavy (non-hydrogen) atoms. The molecule has 204 valence electrons. The SMILES string of the molecule is Cc1ccc(-c2ccc3cc(-c4c(-c5ccccc5)c5sc(C(=O)O)cc5n4CC(=O)N4CCSC4)ccc3n2)s1. The number of carboxylic acids is 1. The highest BCUT2D eigenvalue weighted by Crippen LogP contribution is 2.45. The molecule has 0 atom stereocenters. The van der Waals surface area contributed by atoms with Gasteiger partial charge in [0.1, 0.15) is 11.4 Å². The first-order chi connectivity index (χ1) is 20.0. The number of amides is 1. The second-order valence-corrected chi connectivity index (χ2v) is 13.4. The molecule has 0 saturated carbocycles. The van der Waals surface area contributed by atoms with Crippen molar-refractivity contribution in [1.82, 2.24) is 14.5 Å². The molecule has 0 aliphatic carbocycles. The number of fused-ring (bicyclic) bond motifs is 2. The zero-order valence-corrected chi connectivity index (χ0v) is 24.6. The first-order valence-electron chi connectivity index (χ1n) is 13.2. The van der Waals surface area contributed by atoms with Crippen molar-refractivity contribution in [2.45, 2.75) is 13.5 Å². The monoisotopic (exact) mass is 595 g/mol. The summed E-state index contributed by atoms with van der Waals surface area (Å²) in [6.07, 6.45) is 0. The van der Waals surface area contributed by atoms with Gasteiger partial charge >= 0.3 is 5.97 Å². The molecule has 1 amide bonds. The van der Waals surface area contributed by atoms with E-state index >= 15 is 0 Å². The standard InChI is InChI=1S/C32H25N3O3S3/c1-19-7-12-26(40-19)24-11-8-21-15-22(9-10-23(21)33-24)30-29(20-5-3-2-4-6-20)31-25(16-27(41-31)32(37)38)35(30)17-28(36)34-13-14-39-18-34/h2-12,15-16H,13-14,17-18H2,1H3,(H,37,38). The second kappa shape index (κ2) is 10.5. The van der Waals surface area contributed by atoms with Crippen LogP contribution < -0.4 is 0 Å². The number of pyridine rings is 1. The van der Waals surface area contributed by atoms with E-state index in [1.165, 1.54) is 16.2 Å². The minimum absolute atomic E-state index is 0.0363. The Hall–Kier alpha value is -3.92. The van der Waals surface area contributed by atoms with Crippen molar-refractivity contribution >= 4 is 67.4 Å². The third kappa shape index (κ3) is 4.73. The number of carboxylic acid groups (broad SMARTS) is 1.